The van der Waals surface area contributed by atoms with Gasteiger partial charge in [-0.2, -0.15) is 0 Å². The van der Waals surface area contributed by atoms with Crippen molar-refractivity contribution < 1.29 is 14.3 Å². The Hall–Kier alpha value is -2.08. The predicted molar refractivity (Wildman–Crippen MR) is 116 cm³/mol. The van der Waals surface area contributed by atoms with E-state index in [0.717, 1.165) is 54.7 Å². The normalized spacial score (nSPS) is 31.1. The summed E-state index contributed by atoms with van der Waals surface area (Å²) < 4.78 is 5.22. The van der Waals surface area contributed by atoms with E-state index in [4.69, 9.17) is 4.74 Å². The van der Waals surface area contributed by atoms with E-state index in [9.17, 15) is 9.59 Å². The van der Waals surface area contributed by atoms with Gasteiger partial charge in [-0.05, 0) is 87.3 Å². The Bertz CT molecular complexity index is 741. The lowest BCUT2D eigenvalue weighted by Crippen LogP contribution is -2.62. The Kier molecular flexibility index (Phi) is 6.05. The van der Waals surface area contributed by atoms with Crippen LogP contribution in [0.25, 0.3) is 0 Å². The standard InChI is InChI=1S/C24H35N3O3/c1-4-21(19-5-7-20(30-3)8-6-19)25-15(2)22(28)26-23(29)27-24-12-16-9-17(13-24)11-18(10-16)14-24/h5-8,15-18,21,25H,4,9-14H2,1-3H3,(H2,26,27,28,29)/t15-,16?,17?,18?,21+,24?/m1/s1. The van der Waals surface area contributed by atoms with E-state index < -0.39 is 6.04 Å². The molecule has 0 spiro atoms. The van der Waals surface area contributed by atoms with E-state index in [-0.39, 0.29) is 23.5 Å². The second-order valence-corrected chi connectivity index (χ2v) is 9.76. The van der Waals surface area contributed by atoms with Crippen molar-refractivity contribution in [2.45, 2.75) is 76.4 Å². The van der Waals surface area contributed by atoms with Gasteiger partial charge in [0.2, 0.25) is 5.91 Å². The molecule has 30 heavy (non-hydrogen) atoms. The Morgan fingerprint density at radius 2 is 1.63 bits per heavy atom. The molecule has 5 rings (SSSR count). The van der Waals surface area contributed by atoms with Gasteiger partial charge in [-0.1, -0.05) is 19.1 Å². The average molecular weight is 414 g/mol. The van der Waals surface area contributed by atoms with Crippen molar-refractivity contribution in [3.8, 4) is 5.75 Å². The summed E-state index contributed by atoms with van der Waals surface area (Å²) in [6, 6.07) is 7.07. The lowest BCUT2D eigenvalue weighted by molar-refractivity contribution is -0.121. The van der Waals surface area contributed by atoms with Gasteiger partial charge in [0.15, 0.2) is 0 Å². The number of urea groups is 1. The number of ether oxygens (including phenoxy) is 1. The van der Waals surface area contributed by atoms with Gasteiger partial charge < -0.3 is 10.1 Å². The summed E-state index contributed by atoms with van der Waals surface area (Å²) in [4.78, 5) is 25.3. The van der Waals surface area contributed by atoms with Crippen molar-refractivity contribution in [1.82, 2.24) is 16.0 Å². The zero-order chi connectivity index (χ0) is 21.3. The fourth-order valence-electron chi connectivity index (χ4n) is 6.42. The molecule has 4 saturated carbocycles. The van der Waals surface area contributed by atoms with Gasteiger partial charge in [0.25, 0.3) is 0 Å². The number of methoxy groups -OCH3 is 1. The minimum Gasteiger partial charge on any atom is -0.497 e. The topological polar surface area (TPSA) is 79.5 Å². The molecule has 0 aromatic heterocycles. The van der Waals surface area contributed by atoms with Gasteiger partial charge in [-0.15, -0.1) is 0 Å². The van der Waals surface area contributed by atoms with Crippen LogP contribution >= 0.6 is 0 Å². The van der Waals surface area contributed by atoms with Crippen LogP contribution in [0.2, 0.25) is 0 Å². The molecule has 0 radical (unpaired) electrons. The van der Waals surface area contributed by atoms with Gasteiger partial charge >= 0.3 is 6.03 Å². The number of nitrogens with one attached hydrogen (secondary N) is 3. The first kappa shape index (κ1) is 21.2. The van der Waals surface area contributed by atoms with Crippen LogP contribution in [0.1, 0.15) is 70.4 Å². The number of carbonyl (C=O) groups is 2. The molecule has 3 N–H and O–H groups in total. The number of carbonyl (C=O) groups excluding carboxylic acids is 2. The van der Waals surface area contributed by atoms with Crippen LogP contribution in [0.3, 0.4) is 0 Å². The summed E-state index contributed by atoms with van der Waals surface area (Å²) in [6.07, 6.45) is 8.03. The molecule has 1 aromatic rings. The quantitative estimate of drug-likeness (QED) is 0.633. The predicted octanol–water partition coefficient (Wildman–Crippen LogP) is 3.92. The van der Waals surface area contributed by atoms with Gasteiger partial charge in [-0.25, -0.2) is 4.79 Å². The van der Waals surface area contributed by atoms with Crippen LogP contribution < -0.4 is 20.7 Å². The third-order valence-corrected chi connectivity index (χ3v) is 7.42. The number of rotatable bonds is 7. The van der Waals surface area contributed by atoms with E-state index in [1.807, 2.05) is 24.3 Å². The SMILES string of the molecule is CC[C@H](N[C@H](C)C(=O)NC(=O)NC12CC3CC(CC(C3)C1)C2)c1ccc(OC)cc1. The Morgan fingerprint density at radius 3 is 2.13 bits per heavy atom. The number of amides is 3. The second-order valence-electron chi connectivity index (χ2n) is 9.76. The first-order valence-electron chi connectivity index (χ1n) is 11.4. The zero-order valence-electron chi connectivity index (χ0n) is 18.4. The van der Waals surface area contributed by atoms with Gasteiger partial charge in [0, 0.05) is 11.6 Å². The molecule has 1 aromatic carbocycles. The van der Waals surface area contributed by atoms with Crippen LogP contribution in [0.15, 0.2) is 24.3 Å². The fourth-order valence-corrected chi connectivity index (χ4v) is 6.42. The third kappa shape index (κ3) is 4.48. The van der Waals surface area contributed by atoms with E-state index in [0.29, 0.717) is 0 Å². The molecule has 0 saturated heterocycles. The van der Waals surface area contributed by atoms with Crippen LogP contribution in [0, 0.1) is 17.8 Å². The summed E-state index contributed by atoms with van der Waals surface area (Å²) >= 11 is 0. The smallest absolute Gasteiger partial charge is 0.321 e. The minimum atomic E-state index is -0.473. The second kappa shape index (κ2) is 8.58. The molecule has 4 fully saturated rings. The van der Waals surface area contributed by atoms with E-state index in [1.165, 1.54) is 19.3 Å². The third-order valence-electron chi connectivity index (χ3n) is 7.42. The molecule has 3 amide bonds. The van der Waals surface area contributed by atoms with E-state index in [1.54, 1.807) is 14.0 Å². The molecular weight excluding hydrogens is 378 g/mol. The zero-order valence-corrected chi connectivity index (χ0v) is 18.4. The highest BCUT2D eigenvalue weighted by molar-refractivity contribution is 5.97. The number of hydrogen-bond acceptors (Lipinski definition) is 4. The maximum absolute atomic E-state index is 12.7. The maximum atomic E-state index is 12.7. The molecule has 0 aliphatic heterocycles. The van der Waals surface area contributed by atoms with Gasteiger partial charge in [0.1, 0.15) is 5.75 Å². The molecule has 0 heterocycles. The molecule has 4 bridgehead atoms. The first-order chi connectivity index (χ1) is 14.4. The molecule has 4 aliphatic carbocycles. The molecule has 6 heteroatoms. The van der Waals surface area contributed by atoms with Crippen molar-refractivity contribution >= 4 is 11.9 Å². The van der Waals surface area contributed by atoms with Crippen molar-refractivity contribution in [3.63, 3.8) is 0 Å². The van der Waals surface area contributed by atoms with E-state index in [2.05, 4.69) is 22.9 Å². The molecule has 0 unspecified atom stereocenters. The highest BCUT2D eigenvalue weighted by atomic mass is 16.5. The summed E-state index contributed by atoms with van der Waals surface area (Å²) in [7, 11) is 1.64. The summed E-state index contributed by atoms with van der Waals surface area (Å²) in [5.74, 6) is 2.78. The molecule has 4 aliphatic rings. The molecule has 6 nitrogen and oxygen atoms in total. The lowest BCUT2D eigenvalue weighted by Gasteiger charge is -2.56. The Morgan fingerprint density at radius 1 is 1.07 bits per heavy atom. The Balaban J connectivity index is 1.31. The van der Waals surface area contributed by atoms with Crippen molar-refractivity contribution in [2.75, 3.05) is 7.11 Å². The summed E-state index contributed by atoms with van der Waals surface area (Å²) in [6.45, 7) is 3.88. The number of hydrogen-bond donors (Lipinski definition) is 3. The molecular formula is C24H35N3O3. The monoisotopic (exact) mass is 413 g/mol. The summed E-state index contributed by atoms with van der Waals surface area (Å²) in [5, 5.41) is 9.14. The lowest BCUT2D eigenvalue weighted by atomic mass is 9.53. The highest BCUT2D eigenvalue weighted by Gasteiger charge is 2.51. The van der Waals surface area contributed by atoms with Crippen LogP contribution in [-0.4, -0.2) is 30.6 Å². The maximum Gasteiger partial charge on any atom is 0.321 e. The van der Waals surface area contributed by atoms with Gasteiger partial charge in [0.05, 0.1) is 13.2 Å². The van der Waals surface area contributed by atoms with E-state index >= 15 is 0 Å². The van der Waals surface area contributed by atoms with Gasteiger partial charge in [-0.3, -0.25) is 15.4 Å². The van der Waals surface area contributed by atoms with Crippen molar-refractivity contribution in [2.24, 2.45) is 17.8 Å². The van der Waals surface area contributed by atoms with Crippen LogP contribution in [0.4, 0.5) is 4.79 Å². The van der Waals surface area contributed by atoms with Crippen molar-refractivity contribution in [1.29, 1.82) is 0 Å². The average Bonchev–Trinajstić information content (AvgIpc) is 2.70. The molecule has 2 atom stereocenters. The molecule has 164 valence electrons. The fraction of sp³-hybridized carbons (Fsp3) is 0.667. The minimum absolute atomic E-state index is 0.0304. The Labute approximate surface area is 179 Å². The summed E-state index contributed by atoms with van der Waals surface area (Å²) in [5.41, 5.74) is 1.00. The highest BCUT2D eigenvalue weighted by Crippen LogP contribution is 2.55. The number of benzene rings is 1. The first-order valence-corrected chi connectivity index (χ1v) is 11.4. The van der Waals surface area contributed by atoms with Crippen molar-refractivity contribution in [3.05, 3.63) is 29.8 Å². The largest absolute Gasteiger partial charge is 0.497 e. The number of imide groups is 1. The van der Waals surface area contributed by atoms with Crippen LogP contribution in [-0.2, 0) is 4.79 Å². The van der Waals surface area contributed by atoms with Crippen LogP contribution in [0.5, 0.6) is 5.75 Å².